The van der Waals surface area contributed by atoms with E-state index < -0.39 is 0 Å². The van der Waals surface area contributed by atoms with E-state index in [4.69, 9.17) is 33.7 Å². The molecule has 0 aliphatic rings. The number of nitriles is 1. The predicted molar refractivity (Wildman–Crippen MR) is 123 cm³/mol. The van der Waals surface area contributed by atoms with E-state index in [1.807, 2.05) is 38.1 Å². The van der Waals surface area contributed by atoms with Crippen LogP contribution >= 0.6 is 12.2 Å². The summed E-state index contributed by atoms with van der Waals surface area (Å²) in [4.78, 5) is 8.67. The monoisotopic (exact) mass is 420 g/mol. The first kappa shape index (κ1) is 22.6. The summed E-state index contributed by atoms with van der Waals surface area (Å²) in [7, 11) is 1.65. The van der Waals surface area contributed by atoms with Gasteiger partial charge in [0.15, 0.2) is 0 Å². The Labute approximate surface area is 181 Å². The van der Waals surface area contributed by atoms with Gasteiger partial charge in [-0.1, -0.05) is 24.4 Å². The smallest absolute Gasteiger partial charge is 0.127 e. The predicted octanol–water partition coefficient (Wildman–Crippen LogP) is 3.49. The third kappa shape index (κ3) is 7.04. The average molecular weight is 421 g/mol. The Bertz CT molecular complexity index is 1040. The van der Waals surface area contributed by atoms with Crippen molar-refractivity contribution in [3.05, 3.63) is 76.6 Å². The molecule has 0 amide bonds. The lowest BCUT2D eigenvalue weighted by Gasteiger charge is -2.07. The van der Waals surface area contributed by atoms with Gasteiger partial charge in [0.05, 0.1) is 18.7 Å². The van der Waals surface area contributed by atoms with E-state index in [-0.39, 0.29) is 0 Å². The summed E-state index contributed by atoms with van der Waals surface area (Å²) >= 11 is 4.78. The van der Waals surface area contributed by atoms with Gasteiger partial charge in [0, 0.05) is 23.5 Å². The van der Waals surface area contributed by atoms with Crippen molar-refractivity contribution >= 4 is 28.8 Å². The van der Waals surface area contributed by atoms with Crippen molar-refractivity contribution in [2.75, 3.05) is 18.2 Å². The fraction of sp³-hybridized carbons (Fsp3) is 0.182. The number of hydrogen-bond acceptors (Lipinski definition) is 7. The minimum absolute atomic E-state index is 0.349. The number of ether oxygens (including phenoxy) is 1. The number of nitrogens with two attached hydrogens (primary N) is 2. The van der Waals surface area contributed by atoms with Crippen LogP contribution in [-0.2, 0) is 6.54 Å². The highest BCUT2D eigenvalue weighted by molar-refractivity contribution is 7.80. The molecule has 8 heteroatoms. The third-order valence-electron chi connectivity index (χ3n) is 3.97. The number of nitrogen functional groups attached to an aromatic ring is 1. The molecule has 2 aromatic heterocycles. The summed E-state index contributed by atoms with van der Waals surface area (Å²) in [5.41, 5.74) is 15.0. The van der Waals surface area contributed by atoms with E-state index in [9.17, 15) is 0 Å². The SMILES string of the molecule is COc1ccc(CNc2cc(C#N)cc(C)n2)cc1.Cc1cc(C(N)=S)cc(N)n1. The molecule has 2 heterocycles. The minimum Gasteiger partial charge on any atom is -0.497 e. The number of nitrogens with one attached hydrogen (secondary N) is 1. The second-order valence-electron chi connectivity index (χ2n) is 6.48. The minimum atomic E-state index is 0.349. The second kappa shape index (κ2) is 10.7. The molecule has 7 nitrogen and oxygen atoms in total. The number of thiocarbonyl (C=S) groups is 1. The highest BCUT2D eigenvalue weighted by Gasteiger charge is 2.01. The van der Waals surface area contributed by atoms with E-state index >= 15 is 0 Å². The standard InChI is InChI=1S/C15H15N3O.C7H9N3S/c1-11-7-13(9-16)8-15(18-11)17-10-12-3-5-14(19-2)6-4-12;1-4-2-5(7(9)11)3-6(8)10-4/h3-8H,10H2,1-2H3,(H,17,18);2-3H,1H3,(H2,8,10)(H2,9,11). The Morgan fingerprint density at radius 1 is 1.10 bits per heavy atom. The van der Waals surface area contributed by atoms with E-state index in [0.717, 1.165) is 28.3 Å². The molecule has 0 atom stereocenters. The number of benzene rings is 1. The molecule has 0 aliphatic carbocycles. The molecule has 30 heavy (non-hydrogen) atoms. The number of nitrogens with zero attached hydrogens (tertiary/aromatic N) is 3. The fourth-order valence-corrected chi connectivity index (χ4v) is 2.71. The average Bonchev–Trinajstić information content (AvgIpc) is 2.72. The number of aromatic nitrogens is 2. The maximum absolute atomic E-state index is 8.91. The summed E-state index contributed by atoms with van der Waals surface area (Å²) < 4.78 is 5.11. The zero-order valence-corrected chi connectivity index (χ0v) is 18.0. The molecule has 0 radical (unpaired) electrons. The second-order valence-corrected chi connectivity index (χ2v) is 6.92. The van der Waals surface area contributed by atoms with Gasteiger partial charge in [0.1, 0.15) is 22.4 Å². The summed E-state index contributed by atoms with van der Waals surface area (Å²) in [5.74, 6) is 2.00. The van der Waals surface area contributed by atoms with Crippen molar-refractivity contribution in [3.63, 3.8) is 0 Å². The largest absolute Gasteiger partial charge is 0.497 e. The number of methoxy groups -OCH3 is 1. The lowest BCUT2D eigenvalue weighted by Crippen LogP contribution is -2.10. The van der Waals surface area contributed by atoms with Crippen LogP contribution in [0.15, 0.2) is 48.5 Å². The molecule has 0 unspecified atom stereocenters. The number of hydrogen-bond donors (Lipinski definition) is 3. The molecule has 3 aromatic rings. The topological polar surface area (TPSA) is 123 Å². The normalized spacial score (nSPS) is 9.67. The van der Waals surface area contributed by atoms with Crippen LogP contribution in [0.4, 0.5) is 11.6 Å². The van der Waals surface area contributed by atoms with Gasteiger partial charge in [-0.2, -0.15) is 5.26 Å². The van der Waals surface area contributed by atoms with E-state index in [1.54, 1.807) is 31.4 Å². The number of aryl methyl sites for hydroxylation is 2. The molecule has 0 saturated heterocycles. The van der Waals surface area contributed by atoms with Gasteiger partial charge >= 0.3 is 0 Å². The van der Waals surface area contributed by atoms with Crippen LogP contribution in [0.2, 0.25) is 0 Å². The Hall–Kier alpha value is -3.70. The van der Waals surface area contributed by atoms with Crippen LogP contribution in [-0.4, -0.2) is 22.1 Å². The molecular weight excluding hydrogens is 396 g/mol. The van der Waals surface area contributed by atoms with Gasteiger partial charge in [0.25, 0.3) is 0 Å². The summed E-state index contributed by atoms with van der Waals surface area (Å²) in [6.45, 7) is 4.38. The highest BCUT2D eigenvalue weighted by Crippen LogP contribution is 2.14. The summed E-state index contributed by atoms with van der Waals surface area (Å²) in [6.07, 6.45) is 0. The summed E-state index contributed by atoms with van der Waals surface area (Å²) in [5, 5.41) is 12.1. The van der Waals surface area contributed by atoms with E-state index in [1.165, 1.54) is 0 Å². The molecule has 154 valence electrons. The molecule has 0 saturated carbocycles. The zero-order chi connectivity index (χ0) is 22.1. The number of anilines is 2. The van der Waals surface area contributed by atoms with Gasteiger partial charge in [-0.3, -0.25) is 0 Å². The molecular formula is C22H24N6OS. The zero-order valence-electron chi connectivity index (χ0n) is 17.1. The lowest BCUT2D eigenvalue weighted by atomic mass is 10.2. The first-order chi connectivity index (χ1) is 14.3. The van der Waals surface area contributed by atoms with Gasteiger partial charge in [-0.25, -0.2) is 9.97 Å². The van der Waals surface area contributed by atoms with Crippen LogP contribution in [0.5, 0.6) is 5.75 Å². The molecule has 3 rings (SSSR count). The van der Waals surface area contributed by atoms with Crippen LogP contribution < -0.4 is 21.5 Å². The van der Waals surface area contributed by atoms with Gasteiger partial charge in [-0.05, 0) is 55.8 Å². The van der Waals surface area contributed by atoms with Crippen molar-refractivity contribution < 1.29 is 4.74 Å². The maximum atomic E-state index is 8.91. The molecule has 5 N–H and O–H groups in total. The molecule has 0 fully saturated rings. The van der Waals surface area contributed by atoms with Crippen LogP contribution in [0, 0.1) is 25.2 Å². The van der Waals surface area contributed by atoms with Crippen LogP contribution in [0.3, 0.4) is 0 Å². The first-order valence-corrected chi connectivity index (χ1v) is 9.51. The van der Waals surface area contributed by atoms with Crippen LogP contribution in [0.25, 0.3) is 0 Å². The van der Waals surface area contributed by atoms with Crippen molar-refractivity contribution in [2.45, 2.75) is 20.4 Å². The first-order valence-electron chi connectivity index (χ1n) is 9.10. The maximum Gasteiger partial charge on any atom is 0.127 e. The highest BCUT2D eigenvalue weighted by atomic mass is 32.1. The summed E-state index contributed by atoms with van der Waals surface area (Å²) in [6, 6.07) is 16.9. The molecule has 0 bridgehead atoms. The number of pyridine rings is 2. The quantitative estimate of drug-likeness (QED) is 0.536. The van der Waals surface area contributed by atoms with Crippen molar-refractivity contribution in [1.82, 2.24) is 9.97 Å². The molecule has 0 spiro atoms. The number of rotatable bonds is 5. The van der Waals surface area contributed by atoms with E-state index in [2.05, 4.69) is 21.4 Å². The Morgan fingerprint density at radius 3 is 2.33 bits per heavy atom. The van der Waals surface area contributed by atoms with Gasteiger partial charge in [-0.15, -0.1) is 0 Å². The van der Waals surface area contributed by atoms with Crippen molar-refractivity contribution in [2.24, 2.45) is 5.73 Å². The van der Waals surface area contributed by atoms with E-state index in [0.29, 0.717) is 28.7 Å². The Kier molecular flexibility index (Phi) is 8.08. The van der Waals surface area contributed by atoms with Crippen molar-refractivity contribution in [1.29, 1.82) is 5.26 Å². The van der Waals surface area contributed by atoms with Crippen LogP contribution in [0.1, 0.15) is 28.1 Å². The molecule has 0 aliphatic heterocycles. The Balaban J connectivity index is 0.000000248. The molecule has 1 aromatic carbocycles. The van der Waals surface area contributed by atoms with Crippen molar-refractivity contribution in [3.8, 4) is 11.8 Å². The van der Waals surface area contributed by atoms with Gasteiger partial charge in [0.2, 0.25) is 0 Å². The Morgan fingerprint density at radius 2 is 1.77 bits per heavy atom. The third-order valence-corrected chi connectivity index (χ3v) is 4.21. The van der Waals surface area contributed by atoms with Gasteiger partial charge < -0.3 is 21.5 Å². The fourth-order valence-electron chi connectivity index (χ4n) is 2.60. The lowest BCUT2D eigenvalue weighted by molar-refractivity contribution is 0.414.